The van der Waals surface area contributed by atoms with E-state index in [1.54, 1.807) is 17.0 Å². The van der Waals surface area contributed by atoms with Crippen LogP contribution in [0.1, 0.15) is 16.1 Å². The number of amides is 1. The van der Waals surface area contributed by atoms with E-state index >= 15 is 0 Å². The third kappa shape index (κ3) is 4.90. The standard InChI is InChI=1S/C21H18Cl2N2O3S/c22-17-6-1-14(11-18(17)23)12-28-16-4-2-15(3-5-16)20-24-19(13-29-20)21(26)25-7-9-27-10-8-25/h1-6,11,13H,7-10,12H2. The minimum absolute atomic E-state index is 0.0441. The summed E-state index contributed by atoms with van der Waals surface area (Å²) in [7, 11) is 0. The number of aromatic nitrogens is 1. The molecule has 0 radical (unpaired) electrons. The van der Waals surface area contributed by atoms with Crippen LogP contribution >= 0.6 is 34.5 Å². The number of halogens is 2. The fraction of sp³-hybridized carbons (Fsp3) is 0.238. The van der Waals surface area contributed by atoms with Gasteiger partial charge < -0.3 is 14.4 Å². The van der Waals surface area contributed by atoms with Crippen LogP contribution in [0.4, 0.5) is 0 Å². The maximum atomic E-state index is 12.5. The molecule has 3 aromatic rings. The first-order chi connectivity index (χ1) is 14.1. The number of thiazole rings is 1. The molecule has 29 heavy (non-hydrogen) atoms. The first-order valence-corrected chi connectivity index (χ1v) is 10.7. The molecule has 0 unspecified atom stereocenters. The number of morpholine rings is 1. The second-order valence-corrected chi connectivity index (χ2v) is 8.18. The van der Waals surface area contributed by atoms with Crippen LogP contribution < -0.4 is 4.74 Å². The quantitative estimate of drug-likeness (QED) is 0.540. The minimum atomic E-state index is -0.0441. The Morgan fingerprint density at radius 1 is 1.10 bits per heavy atom. The van der Waals surface area contributed by atoms with Crippen molar-refractivity contribution in [1.29, 1.82) is 0 Å². The molecule has 1 aromatic heterocycles. The highest BCUT2D eigenvalue weighted by Gasteiger charge is 2.21. The number of ether oxygens (including phenoxy) is 2. The molecule has 1 aliphatic heterocycles. The average Bonchev–Trinajstić information content (AvgIpc) is 3.25. The van der Waals surface area contributed by atoms with Crippen molar-refractivity contribution < 1.29 is 14.3 Å². The van der Waals surface area contributed by atoms with Gasteiger partial charge in [0, 0.05) is 24.0 Å². The molecule has 1 aliphatic rings. The van der Waals surface area contributed by atoms with Gasteiger partial charge in [-0.3, -0.25) is 4.79 Å². The molecule has 4 rings (SSSR count). The van der Waals surface area contributed by atoms with Crippen LogP contribution in [0.25, 0.3) is 10.6 Å². The second-order valence-electron chi connectivity index (χ2n) is 6.50. The Labute approximate surface area is 182 Å². The summed E-state index contributed by atoms with van der Waals surface area (Å²) in [5.41, 5.74) is 2.36. The van der Waals surface area contributed by atoms with E-state index in [1.165, 1.54) is 11.3 Å². The van der Waals surface area contributed by atoms with Crippen LogP contribution in [0.2, 0.25) is 10.0 Å². The first-order valence-electron chi connectivity index (χ1n) is 9.10. The van der Waals surface area contributed by atoms with E-state index in [0.29, 0.717) is 48.6 Å². The van der Waals surface area contributed by atoms with Crippen molar-refractivity contribution in [2.45, 2.75) is 6.61 Å². The smallest absolute Gasteiger partial charge is 0.273 e. The van der Waals surface area contributed by atoms with Crippen LogP contribution in [-0.4, -0.2) is 42.1 Å². The highest BCUT2D eigenvalue weighted by Crippen LogP contribution is 2.27. The molecule has 0 bridgehead atoms. The largest absolute Gasteiger partial charge is 0.489 e. The van der Waals surface area contributed by atoms with Gasteiger partial charge in [-0.15, -0.1) is 11.3 Å². The minimum Gasteiger partial charge on any atom is -0.489 e. The number of hydrogen-bond acceptors (Lipinski definition) is 5. The summed E-state index contributed by atoms with van der Waals surface area (Å²) < 4.78 is 11.1. The number of rotatable bonds is 5. The fourth-order valence-corrected chi connectivity index (χ4v) is 4.04. The zero-order valence-electron chi connectivity index (χ0n) is 15.4. The number of benzene rings is 2. The lowest BCUT2D eigenvalue weighted by atomic mass is 10.2. The predicted octanol–water partition coefficient (Wildman–Crippen LogP) is 5.17. The van der Waals surface area contributed by atoms with Crippen molar-refractivity contribution in [3.05, 3.63) is 69.1 Å². The highest BCUT2D eigenvalue weighted by molar-refractivity contribution is 7.13. The Balaban J connectivity index is 1.39. The summed E-state index contributed by atoms with van der Waals surface area (Å²) >= 11 is 13.4. The summed E-state index contributed by atoms with van der Waals surface area (Å²) in [6, 6.07) is 13.1. The first kappa shape index (κ1) is 20.2. The van der Waals surface area contributed by atoms with Crippen molar-refractivity contribution in [3.8, 4) is 16.3 Å². The summed E-state index contributed by atoms with van der Waals surface area (Å²) in [4.78, 5) is 18.8. The normalized spacial score (nSPS) is 14.1. The van der Waals surface area contributed by atoms with Gasteiger partial charge in [0.1, 0.15) is 23.1 Å². The van der Waals surface area contributed by atoms with Gasteiger partial charge in [-0.1, -0.05) is 29.3 Å². The van der Waals surface area contributed by atoms with Crippen LogP contribution in [0.5, 0.6) is 5.75 Å². The topological polar surface area (TPSA) is 51.7 Å². The van der Waals surface area contributed by atoms with Gasteiger partial charge in [0.05, 0.1) is 23.3 Å². The molecule has 0 saturated carbocycles. The molecule has 0 atom stereocenters. The van der Waals surface area contributed by atoms with E-state index in [-0.39, 0.29) is 5.91 Å². The molecule has 1 fully saturated rings. The maximum absolute atomic E-state index is 12.5. The number of nitrogens with zero attached hydrogens (tertiary/aromatic N) is 2. The predicted molar refractivity (Wildman–Crippen MR) is 115 cm³/mol. The van der Waals surface area contributed by atoms with Crippen LogP contribution in [-0.2, 0) is 11.3 Å². The maximum Gasteiger partial charge on any atom is 0.273 e. The molecule has 1 amide bonds. The molecule has 5 nitrogen and oxygen atoms in total. The lowest BCUT2D eigenvalue weighted by molar-refractivity contribution is 0.0299. The van der Waals surface area contributed by atoms with Crippen molar-refractivity contribution in [3.63, 3.8) is 0 Å². The third-order valence-electron chi connectivity index (χ3n) is 4.51. The number of carbonyl (C=O) groups is 1. The average molecular weight is 449 g/mol. The van der Waals surface area contributed by atoms with Gasteiger partial charge in [0.15, 0.2) is 0 Å². The molecule has 0 N–H and O–H groups in total. The third-order valence-corrected chi connectivity index (χ3v) is 6.14. The van der Waals surface area contributed by atoms with E-state index in [9.17, 15) is 4.79 Å². The fourth-order valence-electron chi connectivity index (χ4n) is 2.92. The molecule has 0 spiro atoms. The van der Waals surface area contributed by atoms with Gasteiger partial charge in [-0.05, 0) is 42.0 Å². The van der Waals surface area contributed by atoms with Gasteiger partial charge in [0.2, 0.25) is 0 Å². The number of hydrogen-bond donors (Lipinski definition) is 0. The van der Waals surface area contributed by atoms with Crippen LogP contribution in [0.15, 0.2) is 47.8 Å². The lowest BCUT2D eigenvalue weighted by Crippen LogP contribution is -2.40. The SMILES string of the molecule is O=C(c1csc(-c2ccc(OCc3ccc(Cl)c(Cl)c3)cc2)n1)N1CCOCC1. The van der Waals surface area contributed by atoms with Gasteiger partial charge >= 0.3 is 0 Å². The zero-order chi connectivity index (χ0) is 20.2. The molecular weight excluding hydrogens is 431 g/mol. The Kier molecular flexibility index (Phi) is 6.35. The van der Waals surface area contributed by atoms with Gasteiger partial charge in [-0.25, -0.2) is 4.98 Å². The summed E-state index contributed by atoms with van der Waals surface area (Å²) in [6.07, 6.45) is 0. The molecular formula is C21H18Cl2N2O3S. The summed E-state index contributed by atoms with van der Waals surface area (Å²) in [5, 5.41) is 3.64. The lowest BCUT2D eigenvalue weighted by Gasteiger charge is -2.25. The zero-order valence-corrected chi connectivity index (χ0v) is 17.8. The van der Waals surface area contributed by atoms with E-state index in [4.69, 9.17) is 32.7 Å². The van der Waals surface area contributed by atoms with Gasteiger partial charge in [0.25, 0.3) is 5.91 Å². The van der Waals surface area contributed by atoms with Crippen molar-refractivity contribution in [2.24, 2.45) is 0 Å². The number of carbonyl (C=O) groups excluding carboxylic acids is 1. The molecule has 150 valence electrons. The molecule has 2 heterocycles. The van der Waals surface area contributed by atoms with E-state index in [0.717, 1.165) is 21.9 Å². The summed E-state index contributed by atoms with van der Waals surface area (Å²) in [5.74, 6) is 0.693. The van der Waals surface area contributed by atoms with E-state index < -0.39 is 0 Å². The van der Waals surface area contributed by atoms with Crippen LogP contribution in [0, 0.1) is 0 Å². The monoisotopic (exact) mass is 448 g/mol. The van der Waals surface area contributed by atoms with E-state index in [1.807, 2.05) is 35.7 Å². The molecule has 1 saturated heterocycles. The molecule has 8 heteroatoms. The van der Waals surface area contributed by atoms with Crippen molar-refractivity contribution in [2.75, 3.05) is 26.3 Å². The Hall–Kier alpha value is -2.12. The van der Waals surface area contributed by atoms with Crippen molar-refractivity contribution in [1.82, 2.24) is 9.88 Å². The summed E-state index contributed by atoms with van der Waals surface area (Å²) in [6.45, 7) is 2.76. The van der Waals surface area contributed by atoms with Gasteiger partial charge in [-0.2, -0.15) is 0 Å². The molecule has 0 aliphatic carbocycles. The van der Waals surface area contributed by atoms with Crippen LogP contribution in [0.3, 0.4) is 0 Å². The Bertz CT molecular complexity index is 1000. The Morgan fingerprint density at radius 3 is 2.59 bits per heavy atom. The Morgan fingerprint density at radius 2 is 1.86 bits per heavy atom. The highest BCUT2D eigenvalue weighted by atomic mass is 35.5. The second kappa shape index (κ2) is 9.13. The molecule has 2 aromatic carbocycles. The van der Waals surface area contributed by atoms with E-state index in [2.05, 4.69) is 4.98 Å². The van der Waals surface area contributed by atoms with Crippen molar-refractivity contribution >= 4 is 40.4 Å².